The largest absolute Gasteiger partial charge is 0.353 e. The molecule has 1 unspecified atom stereocenters. The number of carbonyl (C=O) groups is 2. The molecule has 1 N–H and O–H groups in total. The minimum atomic E-state index is -0.240. The number of carbonyl (C=O) groups excluding carboxylic acids is 2. The van der Waals surface area contributed by atoms with Crippen LogP contribution in [0.4, 0.5) is 5.69 Å². The predicted octanol–water partition coefficient (Wildman–Crippen LogP) is 2.59. The fourth-order valence-corrected chi connectivity index (χ4v) is 4.07. The number of anilines is 1. The van der Waals surface area contributed by atoms with Gasteiger partial charge in [0.1, 0.15) is 0 Å². The lowest BCUT2D eigenvalue weighted by Gasteiger charge is -2.35. The van der Waals surface area contributed by atoms with Crippen molar-refractivity contribution >= 4 is 17.5 Å². The first-order valence-corrected chi connectivity index (χ1v) is 9.92. The van der Waals surface area contributed by atoms with Crippen LogP contribution in [0.15, 0.2) is 24.3 Å². The second kappa shape index (κ2) is 8.21. The second-order valence-electron chi connectivity index (χ2n) is 7.80. The van der Waals surface area contributed by atoms with Gasteiger partial charge in [-0.3, -0.25) is 9.59 Å². The fraction of sp³-hybridized carbons (Fsp3) is 0.619. The van der Waals surface area contributed by atoms with Gasteiger partial charge >= 0.3 is 0 Å². The molecule has 0 radical (unpaired) electrons. The molecular formula is C21H31N3O2. The molecule has 1 atom stereocenters. The number of hydrogen-bond donors (Lipinski definition) is 1. The average molecular weight is 357 g/mol. The molecule has 0 spiro atoms. The zero-order valence-electron chi connectivity index (χ0n) is 16.2. The first kappa shape index (κ1) is 18.9. The highest BCUT2D eigenvalue weighted by Crippen LogP contribution is 2.28. The lowest BCUT2D eigenvalue weighted by Crippen LogP contribution is -2.48. The van der Waals surface area contributed by atoms with Crippen LogP contribution < -0.4 is 10.2 Å². The number of nitrogens with one attached hydrogen (secondary N) is 1. The van der Waals surface area contributed by atoms with Gasteiger partial charge in [0.05, 0.1) is 5.92 Å². The Labute approximate surface area is 156 Å². The lowest BCUT2D eigenvalue weighted by atomic mass is 10.0. The zero-order chi connectivity index (χ0) is 18.7. The molecule has 3 rings (SSSR count). The van der Waals surface area contributed by atoms with Gasteiger partial charge in [-0.1, -0.05) is 25.1 Å². The highest BCUT2D eigenvalue weighted by Gasteiger charge is 2.36. The molecule has 2 heterocycles. The third-order valence-corrected chi connectivity index (χ3v) is 5.77. The SMILES string of the molecule is CCc1ccccc1N1CC(C(=O)NC2CCN(C(C)C)CC2)CC1=O. The van der Waals surface area contributed by atoms with Crippen LogP contribution in [-0.2, 0) is 16.0 Å². The maximum Gasteiger partial charge on any atom is 0.227 e. The smallest absolute Gasteiger partial charge is 0.227 e. The van der Waals surface area contributed by atoms with Crippen LogP contribution in [0.2, 0.25) is 0 Å². The third kappa shape index (κ3) is 4.09. The summed E-state index contributed by atoms with van der Waals surface area (Å²) in [5, 5.41) is 3.20. The zero-order valence-corrected chi connectivity index (χ0v) is 16.2. The van der Waals surface area contributed by atoms with Gasteiger partial charge in [-0.15, -0.1) is 0 Å². The first-order valence-electron chi connectivity index (χ1n) is 9.92. The molecule has 142 valence electrons. The van der Waals surface area contributed by atoms with Gasteiger partial charge in [-0.25, -0.2) is 0 Å². The van der Waals surface area contributed by atoms with Crippen molar-refractivity contribution in [3.05, 3.63) is 29.8 Å². The Kier molecular flexibility index (Phi) is 5.97. The van der Waals surface area contributed by atoms with E-state index in [1.165, 1.54) is 0 Å². The highest BCUT2D eigenvalue weighted by molar-refractivity contribution is 6.00. The number of rotatable bonds is 5. The van der Waals surface area contributed by atoms with Crippen molar-refractivity contribution in [1.29, 1.82) is 0 Å². The van der Waals surface area contributed by atoms with E-state index in [4.69, 9.17) is 0 Å². The predicted molar refractivity (Wildman–Crippen MR) is 104 cm³/mol. The van der Waals surface area contributed by atoms with E-state index in [0.29, 0.717) is 19.0 Å². The molecule has 0 aliphatic carbocycles. The molecule has 5 nitrogen and oxygen atoms in total. The molecule has 5 heteroatoms. The molecule has 26 heavy (non-hydrogen) atoms. The number of para-hydroxylation sites is 1. The van der Waals surface area contributed by atoms with Crippen LogP contribution in [0.3, 0.4) is 0 Å². The topological polar surface area (TPSA) is 52.7 Å². The first-order chi connectivity index (χ1) is 12.5. The summed E-state index contributed by atoms with van der Waals surface area (Å²) in [6.45, 7) is 9.07. The standard InChI is InChI=1S/C21H31N3O2/c1-4-16-7-5-6-8-19(16)24-14-17(13-20(24)25)21(26)22-18-9-11-23(12-10-18)15(2)3/h5-8,15,17-18H,4,9-14H2,1-3H3,(H,22,26). The van der Waals surface area contributed by atoms with Gasteiger partial charge in [0.25, 0.3) is 0 Å². The third-order valence-electron chi connectivity index (χ3n) is 5.77. The van der Waals surface area contributed by atoms with Crippen LogP contribution in [0.5, 0.6) is 0 Å². The van der Waals surface area contributed by atoms with E-state index >= 15 is 0 Å². The molecule has 0 aromatic heterocycles. The fourth-order valence-electron chi connectivity index (χ4n) is 4.07. The number of piperidine rings is 1. The van der Waals surface area contributed by atoms with Gasteiger partial charge in [-0.05, 0) is 44.7 Å². The summed E-state index contributed by atoms with van der Waals surface area (Å²) in [6, 6.07) is 8.79. The summed E-state index contributed by atoms with van der Waals surface area (Å²) in [6.07, 6.45) is 3.18. The van der Waals surface area contributed by atoms with Crippen LogP contribution >= 0.6 is 0 Å². The normalized spacial score (nSPS) is 22.2. The summed E-state index contributed by atoms with van der Waals surface area (Å²) >= 11 is 0. The van der Waals surface area contributed by atoms with Crippen molar-refractivity contribution in [2.45, 2.75) is 58.5 Å². The van der Waals surface area contributed by atoms with E-state index in [-0.39, 0.29) is 23.8 Å². The molecule has 1 aromatic rings. The van der Waals surface area contributed by atoms with Crippen LogP contribution in [0.1, 0.15) is 45.6 Å². The van der Waals surface area contributed by atoms with Crippen molar-refractivity contribution in [2.75, 3.05) is 24.5 Å². The lowest BCUT2D eigenvalue weighted by molar-refractivity contribution is -0.127. The number of nitrogens with zero attached hydrogens (tertiary/aromatic N) is 2. The molecule has 2 aliphatic heterocycles. The monoisotopic (exact) mass is 357 g/mol. The van der Waals surface area contributed by atoms with Crippen molar-refractivity contribution in [2.24, 2.45) is 5.92 Å². The Hall–Kier alpha value is -1.88. The number of aryl methyl sites for hydroxylation is 1. The number of benzene rings is 1. The maximum atomic E-state index is 12.7. The highest BCUT2D eigenvalue weighted by atomic mass is 16.2. The van der Waals surface area contributed by atoms with Gasteiger partial charge in [-0.2, -0.15) is 0 Å². The quantitative estimate of drug-likeness (QED) is 0.881. The van der Waals surface area contributed by atoms with E-state index in [9.17, 15) is 9.59 Å². The van der Waals surface area contributed by atoms with Crippen molar-refractivity contribution in [3.8, 4) is 0 Å². The number of amides is 2. The molecule has 0 bridgehead atoms. The number of hydrogen-bond acceptors (Lipinski definition) is 3. The molecular weight excluding hydrogens is 326 g/mol. The molecule has 1 aromatic carbocycles. The van der Waals surface area contributed by atoms with Crippen LogP contribution in [0.25, 0.3) is 0 Å². The van der Waals surface area contributed by atoms with Crippen molar-refractivity contribution in [1.82, 2.24) is 10.2 Å². The Morgan fingerprint density at radius 1 is 1.23 bits per heavy atom. The van der Waals surface area contributed by atoms with Gasteiger partial charge in [0.15, 0.2) is 0 Å². The Balaban J connectivity index is 1.58. The average Bonchev–Trinajstić information content (AvgIpc) is 3.04. The van der Waals surface area contributed by atoms with Gasteiger partial charge in [0.2, 0.25) is 11.8 Å². The van der Waals surface area contributed by atoms with Crippen LogP contribution in [0, 0.1) is 5.92 Å². The summed E-state index contributed by atoms with van der Waals surface area (Å²) in [5.41, 5.74) is 2.11. The van der Waals surface area contributed by atoms with Crippen LogP contribution in [-0.4, -0.2) is 48.4 Å². The summed E-state index contributed by atoms with van der Waals surface area (Å²) in [4.78, 5) is 29.5. The summed E-state index contributed by atoms with van der Waals surface area (Å²) < 4.78 is 0. The van der Waals surface area contributed by atoms with E-state index in [1.807, 2.05) is 18.2 Å². The van der Waals surface area contributed by atoms with E-state index < -0.39 is 0 Å². The Morgan fingerprint density at radius 2 is 1.92 bits per heavy atom. The molecule has 2 saturated heterocycles. The maximum absolute atomic E-state index is 12.7. The number of likely N-dealkylation sites (tertiary alicyclic amines) is 1. The summed E-state index contributed by atoms with van der Waals surface area (Å²) in [7, 11) is 0. The molecule has 2 fully saturated rings. The molecule has 0 saturated carbocycles. The van der Waals surface area contributed by atoms with E-state index in [2.05, 4.69) is 37.1 Å². The molecule has 2 aliphatic rings. The van der Waals surface area contributed by atoms with Gasteiger partial charge < -0.3 is 15.1 Å². The molecule has 2 amide bonds. The van der Waals surface area contributed by atoms with Gasteiger partial charge in [0, 0.05) is 43.8 Å². The Bertz CT molecular complexity index is 650. The van der Waals surface area contributed by atoms with Crippen molar-refractivity contribution < 1.29 is 9.59 Å². The Morgan fingerprint density at radius 3 is 2.58 bits per heavy atom. The minimum absolute atomic E-state index is 0.0397. The van der Waals surface area contributed by atoms with E-state index in [0.717, 1.165) is 43.6 Å². The van der Waals surface area contributed by atoms with E-state index in [1.54, 1.807) is 4.90 Å². The summed E-state index contributed by atoms with van der Waals surface area (Å²) in [5.74, 6) is -0.144. The second-order valence-corrected chi connectivity index (χ2v) is 7.80. The minimum Gasteiger partial charge on any atom is -0.353 e. The van der Waals surface area contributed by atoms with Crippen molar-refractivity contribution in [3.63, 3.8) is 0 Å².